The lowest BCUT2D eigenvalue weighted by Crippen LogP contribution is -2.08. The minimum absolute atomic E-state index is 0.925. The van der Waals surface area contributed by atoms with Crippen LogP contribution in [0.3, 0.4) is 0 Å². The largest absolute Gasteiger partial charge is 0.355 e. The molecule has 0 radical (unpaired) electrons. The summed E-state index contributed by atoms with van der Waals surface area (Å²) in [5.41, 5.74) is 2.48. The lowest BCUT2D eigenvalue weighted by Gasteiger charge is -2.12. The quantitative estimate of drug-likeness (QED) is 0.649. The van der Waals surface area contributed by atoms with Crippen LogP contribution in [0.4, 0.5) is 5.95 Å². The van der Waals surface area contributed by atoms with Gasteiger partial charge < -0.3 is 5.32 Å². The number of anilines is 1. The van der Waals surface area contributed by atoms with Crippen molar-refractivity contribution in [3.8, 4) is 5.69 Å². The first kappa shape index (κ1) is 13.4. The third-order valence-electron chi connectivity index (χ3n) is 2.95. The maximum absolute atomic E-state index is 4.38. The van der Waals surface area contributed by atoms with Gasteiger partial charge in [0.15, 0.2) is 0 Å². The Hall–Kier alpha value is -1.04. The maximum Gasteiger partial charge on any atom is 0.207 e. The molecule has 0 fully saturated rings. The molecule has 0 aliphatic heterocycles. The van der Waals surface area contributed by atoms with Crippen molar-refractivity contribution in [3.63, 3.8) is 0 Å². The Morgan fingerprint density at radius 2 is 2.22 bits per heavy atom. The summed E-state index contributed by atoms with van der Waals surface area (Å²) in [5, 5.41) is 3.39. The van der Waals surface area contributed by atoms with Crippen LogP contribution in [0.5, 0.6) is 0 Å². The smallest absolute Gasteiger partial charge is 0.207 e. The molecule has 1 aromatic carbocycles. The summed E-state index contributed by atoms with van der Waals surface area (Å²) in [5.74, 6) is 0.925. The van der Waals surface area contributed by atoms with Crippen LogP contribution in [-0.4, -0.2) is 16.1 Å². The molecule has 2 rings (SSSR count). The third kappa shape index (κ3) is 2.85. The second-order valence-corrected chi connectivity index (χ2v) is 5.45. The minimum Gasteiger partial charge on any atom is -0.355 e. The van der Waals surface area contributed by atoms with E-state index < -0.39 is 0 Å². The van der Waals surface area contributed by atoms with Gasteiger partial charge in [-0.3, -0.25) is 4.57 Å². The van der Waals surface area contributed by atoms with Crippen LogP contribution in [0.15, 0.2) is 30.6 Å². The molecule has 0 unspecified atom stereocenters. The predicted octanol–water partition coefficient (Wildman–Crippen LogP) is 4.00. The molecule has 1 N–H and O–H groups in total. The molecule has 0 aliphatic rings. The van der Waals surface area contributed by atoms with E-state index in [1.165, 1.54) is 21.2 Å². The van der Waals surface area contributed by atoms with Gasteiger partial charge in [-0.15, -0.1) is 0 Å². The zero-order chi connectivity index (χ0) is 13.0. The van der Waals surface area contributed by atoms with Crippen LogP contribution in [0.25, 0.3) is 5.69 Å². The predicted molar refractivity (Wildman–Crippen MR) is 84.4 cm³/mol. The highest BCUT2D eigenvalue weighted by atomic mass is 127. The Kier molecular flexibility index (Phi) is 4.63. The minimum atomic E-state index is 0.925. The summed E-state index contributed by atoms with van der Waals surface area (Å²) in [6.45, 7) is 5.31. The highest BCUT2D eigenvalue weighted by Crippen LogP contribution is 2.22. The topological polar surface area (TPSA) is 29.9 Å². The van der Waals surface area contributed by atoms with Gasteiger partial charge in [-0.2, -0.15) is 0 Å². The van der Waals surface area contributed by atoms with E-state index in [1.807, 2.05) is 12.4 Å². The fourth-order valence-corrected chi connectivity index (χ4v) is 2.35. The average molecular weight is 355 g/mol. The number of unbranched alkanes of at least 4 members (excludes halogenated alkanes) is 1. The number of rotatable bonds is 5. The fourth-order valence-electron chi connectivity index (χ4n) is 1.86. The number of benzene rings is 1. The number of nitrogens with one attached hydrogen (secondary N) is 1. The molecule has 0 amide bonds. The van der Waals surface area contributed by atoms with Crippen molar-refractivity contribution in [1.29, 1.82) is 0 Å². The third-order valence-corrected chi connectivity index (χ3v) is 4.12. The maximum atomic E-state index is 4.38. The summed E-state index contributed by atoms with van der Waals surface area (Å²) in [7, 11) is 0. The summed E-state index contributed by atoms with van der Waals surface area (Å²) >= 11 is 2.37. The number of aromatic nitrogens is 2. The van der Waals surface area contributed by atoms with Crippen molar-refractivity contribution in [3.05, 3.63) is 39.7 Å². The van der Waals surface area contributed by atoms with E-state index in [0.717, 1.165) is 18.9 Å². The Bertz CT molecular complexity index is 520. The van der Waals surface area contributed by atoms with Crippen LogP contribution in [0, 0.1) is 10.5 Å². The molecule has 2 aromatic rings. The molecule has 96 valence electrons. The second kappa shape index (κ2) is 6.22. The SMILES string of the molecule is CCCCNc1nccn1-c1cccc(I)c1C. The molecule has 0 saturated heterocycles. The van der Waals surface area contributed by atoms with Gasteiger partial charge in [0.1, 0.15) is 0 Å². The van der Waals surface area contributed by atoms with Gasteiger partial charge >= 0.3 is 0 Å². The van der Waals surface area contributed by atoms with Gasteiger partial charge in [0.05, 0.1) is 5.69 Å². The molecule has 1 heterocycles. The van der Waals surface area contributed by atoms with Crippen molar-refractivity contribution in [2.24, 2.45) is 0 Å². The lowest BCUT2D eigenvalue weighted by atomic mass is 10.2. The Morgan fingerprint density at radius 1 is 1.39 bits per heavy atom. The zero-order valence-electron chi connectivity index (χ0n) is 10.8. The number of imidazole rings is 1. The van der Waals surface area contributed by atoms with Gasteiger partial charge in [-0.05, 0) is 53.6 Å². The summed E-state index contributed by atoms with van der Waals surface area (Å²) < 4.78 is 3.39. The molecule has 1 aromatic heterocycles. The Morgan fingerprint density at radius 3 is 3.00 bits per heavy atom. The highest BCUT2D eigenvalue weighted by molar-refractivity contribution is 14.1. The number of nitrogens with zero attached hydrogens (tertiary/aromatic N) is 2. The van der Waals surface area contributed by atoms with Crippen molar-refractivity contribution in [1.82, 2.24) is 9.55 Å². The van der Waals surface area contributed by atoms with Crippen molar-refractivity contribution in [2.45, 2.75) is 26.7 Å². The van der Waals surface area contributed by atoms with Gasteiger partial charge in [0.25, 0.3) is 0 Å². The van der Waals surface area contributed by atoms with Crippen molar-refractivity contribution in [2.75, 3.05) is 11.9 Å². The second-order valence-electron chi connectivity index (χ2n) is 4.29. The van der Waals surface area contributed by atoms with E-state index in [0.29, 0.717) is 0 Å². The number of hydrogen-bond acceptors (Lipinski definition) is 2. The zero-order valence-corrected chi connectivity index (χ0v) is 12.9. The van der Waals surface area contributed by atoms with Gasteiger partial charge in [-0.1, -0.05) is 19.4 Å². The normalized spacial score (nSPS) is 10.6. The van der Waals surface area contributed by atoms with E-state index >= 15 is 0 Å². The van der Waals surface area contributed by atoms with Gasteiger partial charge in [-0.25, -0.2) is 4.98 Å². The Balaban J connectivity index is 2.28. The van der Waals surface area contributed by atoms with Crippen LogP contribution >= 0.6 is 22.6 Å². The van der Waals surface area contributed by atoms with Crippen molar-refractivity contribution >= 4 is 28.5 Å². The van der Waals surface area contributed by atoms with E-state index in [1.54, 1.807) is 0 Å². The van der Waals surface area contributed by atoms with Crippen LogP contribution in [0.2, 0.25) is 0 Å². The molecular formula is C14H18IN3. The van der Waals surface area contributed by atoms with Gasteiger partial charge in [0, 0.05) is 22.5 Å². The molecule has 0 atom stereocenters. The van der Waals surface area contributed by atoms with Crippen molar-refractivity contribution < 1.29 is 0 Å². The van der Waals surface area contributed by atoms with Crippen LogP contribution in [0.1, 0.15) is 25.3 Å². The monoisotopic (exact) mass is 355 g/mol. The van der Waals surface area contributed by atoms with Crippen LogP contribution < -0.4 is 5.32 Å². The van der Waals surface area contributed by atoms with Crippen LogP contribution in [-0.2, 0) is 0 Å². The summed E-state index contributed by atoms with van der Waals surface area (Å²) in [4.78, 5) is 4.38. The van der Waals surface area contributed by atoms with E-state index in [2.05, 4.69) is 69.5 Å². The number of hydrogen-bond donors (Lipinski definition) is 1. The molecule has 0 spiro atoms. The van der Waals surface area contributed by atoms with E-state index in [4.69, 9.17) is 0 Å². The average Bonchev–Trinajstić information content (AvgIpc) is 2.81. The molecule has 0 saturated carbocycles. The van der Waals surface area contributed by atoms with E-state index in [9.17, 15) is 0 Å². The molecule has 0 aliphatic carbocycles. The number of halogens is 1. The van der Waals surface area contributed by atoms with Gasteiger partial charge in [0.2, 0.25) is 5.95 Å². The lowest BCUT2D eigenvalue weighted by molar-refractivity contribution is 0.822. The molecule has 18 heavy (non-hydrogen) atoms. The first-order valence-corrected chi connectivity index (χ1v) is 7.34. The molecule has 3 nitrogen and oxygen atoms in total. The summed E-state index contributed by atoms with van der Waals surface area (Å²) in [6.07, 6.45) is 6.20. The first-order valence-electron chi connectivity index (χ1n) is 6.26. The fraction of sp³-hybridized carbons (Fsp3) is 0.357. The molecular weight excluding hydrogens is 337 g/mol. The molecule has 0 bridgehead atoms. The Labute approximate surface area is 122 Å². The standard InChI is InChI=1S/C14H18IN3/c1-3-4-8-16-14-17-9-10-18(14)13-7-5-6-12(15)11(13)2/h5-7,9-10H,3-4,8H2,1-2H3,(H,16,17). The molecule has 4 heteroatoms. The summed E-state index contributed by atoms with van der Waals surface area (Å²) in [6, 6.07) is 6.34. The van der Waals surface area contributed by atoms with E-state index in [-0.39, 0.29) is 0 Å². The first-order chi connectivity index (χ1) is 8.74. The highest BCUT2D eigenvalue weighted by Gasteiger charge is 2.08.